The first-order chi connectivity index (χ1) is 9.88. The van der Waals surface area contributed by atoms with E-state index < -0.39 is 0 Å². The van der Waals surface area contributed by atoms with E-state index in [1.54, 1.807) is 0 Å². The fraction of sp³-hybridized carbons (Fsp3) is 0.933. The Bertz CT molecular complexity index is 346. The summed E-state index contributed by atoms with van der Waals surface area (Å²) in [5.74, 6) is 0. The SMILES string of the molecule is CC1CN(C(C)(C)CNC(=O)N2CCOCC2)CC(C)O1. The highest BCUT2D eigenvalue weighted by atomic mass is 16.5. The maximum Gasteiger partial charge on any atom is 0.317 e. The van der Waals surface area contributed by atoms with Gasteiger partial charge in [-0.1, -0.05) is 0 Å². The molecule has 1 N–H and O–H groups in total. The van der Waals surface area contributed by atoms with Crippen LogP contribution in [0.15, 0.2) is 0 Å². The Hall–Kier alpha value is -0.850. The number of hydrogen-bond donors (Lipinski definition) is 1. The summed E-state index contributed by atoms with van der Waals surface area (Å²) in [7, 11) is 0. The van der Waals surface area contributed by atoms with Crippen LogP contribution in [0.1, 0.15) is 27.7 Å². The number of rotatable bonds is 3. The quantitative estimate of drug-likeness (QED) is 0.842. The van der Waals surface area contributed by atoms with Crippen molar-refractivity contribution in [1.82, 2.24) is 15.1 Å². The number of urea groups is 1. The topological polar surface area (TPSA) is 54.0 Å². The van der Waals surface area contributed by atoms with E-state index in [0.717, 1.165) is 13.1 Å². The lowest BCUT2D eigenvalue weighted by Crippen LogP contribution is -2.59. The Morgan fingerprint density at radius 2 is 1.76 bits per heavy atom. The van der Waals surface area contributed by atoms with Crippen LogP contribution >= 0.6 is 0 Å². The van der Waals surface area contributed by atoms with Crippen molar-refractivity contribution in [2.45, 2.75) is 45.4 Å². The smallest absolute Gasteiger partial charge is 0.317 e. The second kappa shape index (κ2) is 6.94. The number of hydrogen-bond acceptors (Lipinski definition) is 4. The van der Waals surface area contributed by atoms with Gasteiger partial charge < -0.3 is 19.7 Å². The average Bonchev–Trinajstić information content (AvgIpc) is 2.45. The van der Waals surface area contributed by atoms with E-state index in [4.69, 9.17) is 9.47 Å². The van der Waals surface area contributed by atoms with Crippen LogP contribution in [-0.2, 0) is 9.47 Å². The zero-order chi connectivity index (χ0) is 15.5. The molecule has 0 bridgehead atoms. The molecule has 2 heterocycles. The van der Waals surface area contributed by atoms with Gasteiger partial charge in [0.2, 0.25) is 0 Å². The predicted octanol–water partition coefficient (Wildman–Crippen LogP) is 0.916. The van der Waals surface area contributed by atoms with Crippen molar-refractivity contribution < 1.29 is 14.3 Å². The number of nitrogens with one attached hydrogen (secondary N) is 1. The number of amides is 2. The van der Waals surface area contributed by atoms with Crippen molar-refractivity contribution in [3.05, 3.63) is 0 Å². The molecule has 2 fully saturated rings. The van der Waals surface area contributed by atoms with Gasteiger partial charge in [-0.25, -0.2) is 4.79 Å². The van der Waals surface area contributed by atoms with Crippen LogP contribution < -0.4 is 5.32 Å². The molecule has 2 aliphatic heterocycles. The number of nitrogens with zero attached hydrogens (tertiary/aromatic N) is 2. The van der Waals surface area contributed by atoms with Gasteiger partial charge in [-0.15, -0.1) is 0 Å². The average molecular weight is 299 g/mol. The normalized spacial score (nSPS) is 28.5. The zero-order valence-corrected chi connectivity index (χ0v) is 13.7. The summed E-state index contributed by atoms with van der Waals surface area (Å²) in [6.45, 7) is 13.6. The number of ether oxygens (including phenoxy) is 2. The second-order valence-electron chi connectivity index (χ2n) is 6.73. The van der Waals surface area contributed by atoms with E-state index in [2.05, 4.69) is 37.9 Å². The molecule has 0 aromatic heterocycles. The summed E-state index contributed by atoms with van der Waals surface area (Å²) in [5.41, 5.74) is -0.0752. The van der Waals surface area contributed by atoms with Gasteiger partial charge in [-0.2, -0.15) is 0 Å². The molecule has 6 heteroatoms. The lowest BCUT2D eigenvalue weighted by atomic mass is 10.00. The maximum atomic E-state index is 12.2. The zero-order valence-electron chi connectivity index (χ0n) is 13.7. The first kappa shape index (κ1) is 16.5. The van der Waals surface area contributed by atoms with Crippen LogP contribution in [0.5, 0.6) is 0 Å². The molecule has 2 atom stereocenters. The molecular weight excluding hydrogens is 270 g/mol. The van der Waals surface area contributed by atoms with Gasteiger partial charge in [0.1, 0.15) is 0 Å². The van der Waals surface area contributed by atoms with Crippen LogP contribution in [0.4, 0.5) is 4.79 Å². The third-order valence-corrected chi connectivity index (χ3v) is 4.25. The molecule has 0 spiro atoms. The summed E-state index contributed by atoms with van der Waals surface area (Å²) >= 11 is 0. The summed E-state index contributed by atoms with van der Waals surface area (Å²) in [6, 6.07) is 0.0146. The first-order valence-electron chi connectivity index (χ1n) is 7.89. The van der Waals surface area contributed by atoms with Crippen LogP contribution in [0.25, 0.3) is 0 Å². The van der Waals surface area contributed by atoms with Gasteiger partial charge in [-0.3, -0.25) is 4.90 Å². The molecule has 21 heavy (non-hydrogen) atoms. The number of morpholine rings is 2. The van der Waals surface area contributed by atoms with E-state index in [1.807, 2.05) is 4.90 Å². The largest absolute Gasteiger partial charge is 0.378 e. The molecule has 2 saturated heterocycles. The van der Waals surface area contributed by atoms with Crippen LogP contribution in [0, 0.1) is 0 Å². The highest BCUT2D eigenvalue weighted by molar-refractivity contribution is 5.74. The van der Waals surface area contributed by atoms with Gasteiger partial charge in [0.15, 0.2) is 0 Å². The summed E-state index contributed by atoms with van der Waals surface area (Å²) in [5, 5.41) is 3.07. The van der Waals surface area contributed by atoms with Gasteiger partial charge in [0, 0.05) is 38.3 Å². The fourth-order valence-electron chi connectivity index (χ4n) is 2.95. The van der Waals surface area contributed by atoms with E-state index in [-0.39, 0.29) is 23.8 Å². The number of carbonyl (C=O) groups is 1. The van der Waals surface area contributed by atoms with Crippen LogP contribution in [-0.4, -0.2) is 79.5 Å². The first-order valence-corrected chi connectivity index (χ1v) is 7.89. The minimum absolute atomic E-state index is 0.0146. The molecule has 2 amide bonds. The summed E-state index contributed by atoms with van der Waals surface area (Å²) in [6.07, 6.45) is 0.478. The second-order valence-corrected chi connectivity index (χ2v) is 6.73. The standard InChI is InChI=1S/C15H29N3O3/c1-12-9-18(10-13(2)21-12)15(3,4)11-16-14(19)17-5-7-20-8-6-17/h12-13H,5-11H2,1-4H3,(H,16,19). The van der Waals surface area contributed by atoms with E-state index in [9.17, 15) is 4.79 Å². The molecule has 2 unspecified atom stereocenters. The molecule has 0 aliphatic carbocycles. The van der Waals surface area contributed by atoms with E-state index in [1.165, 1.54) is 0 Å². The third-order valence-electron chi connectivity index (χ3n) is 4.25. The lowest BCUT2D eigenvalue weighted by molar-refractivity contribution is -0.0949. The van der Waals surface area contributed by atoms with Gasteiger partial charge >= 0.3 is 6.03 Å². The van der Waals surface area contributed by atoms with Crippen molar-refractivity contribution in [3.8, 4) is 0 Å². The molecule has 0 saturated carbocycles. The monoisotopic (exact) mass is 299 g/mol. The molecular formula is C15H29N3O3. The van der Waals surface area contributed by atoms with Gasteiger partial charge in [0.25, 0.3) is 0 Å². The summed E-state index contributed by atoms with van der Waals surface area (Å²) < 4.78 is 11.1. The Balaban J connectivity index is 1.83. The minimum atomic E-state index is -0.0752. The van der Waals surface area contributed by atoms with E-state index >= 15 is 0 Å². The molecule has 0 radical (unpaired) electrons. The predicted molar refractivity (Wildman–Crippen MR) is 81.5 cm³/mol. The van der Waals surface area contributed by atoms with Crippen molar-refractivity contribution in [3.63, 3.8) is 0 Å². The molecule has 2 aliphatic rings. The highest BCUT2D eigenvalue weighted by Crippen LogP contribution is 2.20. The molecule has 0 aromatic rings. The molecule has 6 nitrogen and oxygen atoms in total. The van der Waals surface area contributed by atoms with Gasteiger partial charge in [-0.05, 0) is 27.7 Å². The van der Waals surface area contributed by atoms with Crippen molar-refractivity contribution in [1.29, 1.82) is 0 Å². The third kappa shape index (κ3) is 4.56. The maximum absolute atomic E-state index is 12.2. The molecule has 122 valence electrons. The Morgan fingerprint density at radius 1 is 1.19 bits per heavy atom. The lowest BCUT2D eigenvalue weighted by Gasteiger charge is -2.45. The van der Waals surface area contributed by atoms with Crippen molar-refractivity contribution >= 4 is 6.03 Å². The molecule has 0 aromatic carbocycles. The van der Waals surface area contributed by atoms with Crippen molar-refractivity contribution in [2.24, 2.45) is 0 Å². The minimum Gasteiger partial charge on any atom is -0.378 e. The van der Waals surface area contributed by atoms with Crippen LogP contribution in [0.2, 0.25) is 0 Å². The Labute approximate surface area is 127 Å². The number of carbonyl (C=O) groups excluding carboxylic acids is 1. The van der Waals surface area contributed by atoms with Crippen LogP contribution in [0.3, 0.4) is 0 Å². The fourth-order valence-corrected chi connectivity index (χ4v) is 2.95. The Kier molecular flexibility index (Phi) is 5.46. The van der Waals surface area contributed by atoms with E-state index in [0.29, 0.717) is 32.8 Å². The summed E-state index contributed by atoms with van der Waals surface area (Å²) in [4.78, 5) is 16.4. The van der Waals surface area contributed by atoms with Gasteiger partial charge in [0.05, 0.1) is 25.4 Å². The van der Waals surface area contributed by atoms with Crippen molar-refractivity contribution in [2.75, 3.05) is 45.9 Å². The molecule has 2 rings (SSSR count). The Morgan fingerprint density at radius 3 is 2.33 bits per heavy atom. The highest BCUT2D eigenvalue weighted by Gasteiger charge is 2.33.